The maximum Gasteiger partial charge on any atom is 0.186 e. The molecule has 0 unspecified atom stereocenters. The molecule has 1 aromatic heterocycles. The molecule has 6 heteroatoms. The molecule has 15 heavy (non-hydrogen) atoms. The van der Waals surface area contributed by atoms with E-state index in [2.05, 4.69) is 21.8 Å². The number of nitrogen functional groups attached to an aromatic ring is 1. The Balaban J connectivity index is 2.67. The number of thioether (sulfide) groups is 1. The summed E-state index contributed by atoms with van der Waals surface area (Å²) in [4.78, 5) is 18.3. The van der Waals surface area contributed by atoms with E-state index in [1.807, 2.05) is 0 Å². The Hall–Kier alpha value is -1.25. The zero-order chi connectivity index (χ0) is 11.3. The van der Waals surface area contributed by atoms with Crippen LogP contribution in [0.5, 0.6) is 0 Å². The minimum Gasteiger partial charge on any atom is -0.381 e. The van der Waals surface area contributed by atoms with Gasteiger partial charge in [-0.05, 0) is 5.92 Å². The van der Waals surface area contributed by atoms with E-state index in [-0.39, 0.29) is 16.1 Å². The first-order valence-corrected chi connectivity index (χ1v) is 5.36. The summed E-state index contributed by atoms with van der Waals surface area (Å²) >= 11 is 6.70. The largest absolute Gasteiger partial charge is 0.381 e. The number of nitrogens with two attached hydrogens (primary N) is 1. The van der Waals surface area contributed by atoms with Crippen LogP contribution in [0.25, 0.3) is 0 Å². The van der Waals surface area contributed by atoms with Crippen LogP contribution in [0, 0.1) is 11.8 Å². The maximum absolute atomic E-state index is 10.6. The average Bonchev–Trinajstić information content (AvgIpc) is 2.14. The van der Waals surface area contributed by atoms with Gasteiger partial charge in [-0.2, -0.15) is 0 Å². The fourth-order valence-corrected chi connectivity index (χ4v) is 1.22. The predicted octanol–water partition coefficient (Wildman–Crippen LogP) is 1.34. The number of carbonyl (C=O) groups is 1. The molecule has 1 heterocycles. The average molecular weight is 242 g/mol. The molecule has 1 rings (SSSR count). The fraction of sp³-hybridized carbons (Fsp3) is 0.222. The highest BCUT2D eigenvalue weighted by Crippen LogP contribution is 2.08. The van der Waals surface area contributed by atoms with Crippen molar-refractivity contribution in [3.05, 3.63) is 17.0 Å². The Morgan fingerprint density at radius 2 is 2.47 bits per heavy atom. The van der Waals surface area contributed by atoms with Crippen molar-refractivity contribution in [2.75, 3.05) is 11.5 Å². The van der Waals surface area contributed by atoms with Crippen LogP contribution in [-0.4, -0.2) is 20.8 Å². The van der Waals surface area contributed by atoms with Crippen molar-refractivity contribution in [3.63, 3.8) is 0 Å². The molecular weight excluding hydrogens is 234 g/mol. The number of anilines is 1. The summed E-state index contributed by atoms with van der Waals surface area (Å²) in [6, 6.07) is 0. The van der Waals surface area contributed by atoms with Crippen LogP contribution in [0.4, 0.5) is 5.82 Å². The van der Waals surface area contributed by atoms with Gasteiger partial charge in [-0.25, -0.2) is 9.97 Å². The predicted molar refractivity (Wildman–Crippen MR) is 61.5 cm³/mol. The summed E-state index contributed by atoms with van der Waals surface area (Å²) in [5.41, 5.74) is 5.91. The Labute approximate surface area is 96.6 Å². The first-order chi connectivity index (χ1) is 7.09. The molecule has 0 bridgehead atoms. The number of aromatic nitrogens is 2. The SMILES string of the molecule is CC(=O)SCC#Cc1ncc(Cl)nc1N. The van der Waals surface area contributed by atoms with Gasteiger partial charge < -0.3 is 5.73 Å². The lowest BCUT2D eigenvalue weighted by Gasteiger charge is -1.95. The van der Waals surface area contributed by atoms with Gasteiger partial charge in [0.2, 0.25) is 0 Å². The first kappa shape index (κ1) is 11.8. The second-order valence-electron chi connectivity index (χ2n) is 2.51. The van der Waals surface area contributed by atoms with E-state index in [1.165, 1.54) is 13.1 Å². The number of hydrogen-bond donors (Lipinski definition) is 1. The van der Waals surface area contributed by atoms with Gasteiger partial charge in [0.05, 0.1) is 11.9 Å². The second kappa shape index (κ2) is 5.59. The Morgan fingerprint density at radius 3 is 3.07 bits per heavy atom. The van der Waals surface area contributed by atoms with Crippen molar-refractivity contribution in [2.24, 2.45) is 0 Å². The summed E-state index contributed by atoms with van der Waals surface area (Å²) in [6.07, 6.45) is 1.38. The molecule has 0 aliphatic rings. The zero-order valence-corrected chi connectivity index (χ0v) is 9.52. The molecule has 1 aromatic rings. The zero-order valence-electron chi connectivity index (χ0n) is 7.95. The van der Waals surface area contributed by atoms with Gasteiger partial charge in [0, 0.05) is 6.92 Å². The van der Waals surface area contributed by atoms with Gasteiger partial charge in [-0.15, -0.1) is 0 Å². The van der Waals surface area contributed by atoms with E-state index in [4.69, 9.17) is 17.3 Å². The maximum atomic E-state index is 10.6. The molecule has 0 spiro atoms. The van der Waals surface area contributed by atoms with Crippen molar-refractivity contribution in [1.82, 2.24) is 9.97 Å². The monoisotopic (exact) mass is 241 g/mol. The van der Waals surface area contributed by atoms with Gasteiger partial charge in [0.25, 0.3) is 0 Å². The standard InChI is InChI=1S/C9H8ClN3OS/c1-6(14)15-4-2-3-7-9(11)13-8(10)5-12-7/h5H,4H2,1H3,(H2,11,13). The number of carbonyl (C=O) groups excluding carboxylic acids is 1. The van der Waals surface area contributed by atoms with E-state index in [1.54, 1.807) is 0 Å². The lowest BCUT2D eigenvalue weighted by molar-refractivity contribution is -0.109. The summed E-state index contributed by atoms with van der Waals surface area (Å²) in [5, 5.41) is 0.260. The molecule has 0 radical (unpaired) electrons. The van der Waals surface area contributed by atoms with Crippen molar-refractivity contribution < 1.29 is 4.79 Å². The minimum atomic E-state index is 0.0273. The Kier molecular flexibility index (Phi) is 4.40. The van der Waals surface area contributed by atoms with Crippen LogP contribution in [-0.2, 0) is 4.79 Å². The van der Waals surface area contributed by atoms with Crippen LogP contribution in [0.1, 0.15) is 12.6 Å². The van der Waals surface area contributed by atoms with E-state index in [0.29, 0.717) is 11.4 Å². The number of halogens is 1. The molecule has 0 aliphatic carbocycles. The molecule has 0 fully saturated rings. The molecule has 0 amide bonds. The first-order valence-electron chi connectivity index (χ1n) is 4.00. The molecule has 78 valence electrons. The molecule has 0 saturated heterocycles. The molecule has 0 aromatic carbocycles. The molecule has 2 N–H and O–H groups in total. The van der Waals surface area contributed by atoms with Crippen molar-refractivity contribution in [2.45, 2.75) is 6.92 Å². The van der Waals surface area contributed by atoms with Gasteiger partial charge in [-0.1, -0.05) is 29.3 Å². The van der Waals surface area contributed by atoms with Crippen LogP contribution < -0.4 is 5.73 Å². The van der Waals surface area contributed by atoms with Crippen LogP contribution in [0.15, 0.2) is 6.20 Å². The third-order valence-corrected chi connectivity index (χ3v) is 2.20. The third-order valence-electron chi connectivity index (χ3n) is 1.32. The van der Waals surface area contributed by atoms with Crippen molar-refractivity contribution in [3.8, 4) is 11.8 Å². The summed E-state index contributed by atoms with van der Waals surface area (Å²) in [6.45, 7) is 1.49. The van der Waals surface area contributed by atoms with Crippen molar-refractivity contribution >= 4 is 34.3 Å². The summed E-state index contributed by atoms with van der Waals surface area (Å²) in [5.74, 6) is 6.09. The highest BCUT2D eigenvalue weighted by Gasteiger charge is 1.99. The topological polar surface area (TPSA) is 68.9 Å². The van der Waals surface area contributed by atoms with Crippen LogP contribution >= 0.6 is 23.4 Å². The van der Waals surface area contributed by atoms with Crippen LogP contribution in [0.3, 0.4) is 0 Å². The van der Waals surface area contributed by atoms with Gasteiger partial charge in [0.1, 0.15) is 5.15 Å². The number of nitrogens with zero attached hydrogens (tertiary/aromatic N) is 2. The minimum absolute atomic E-state index is 0.0273. The third kappa shape index (κ3) is 4.19. The quantitative estimate of drug-likeness (QED) is 0.752. The lowest BCUT2D eigenvalue weighted by Crippen LogP contribution is -1.97. The smallest absolute Gasteiger partial charge is 0.186 e. The van der Waals surface area contributed by atoms with E-state index < -0.39 is 0 Å². The van der Waals surface area contributed by atoms with E-state index >= 15 is 0 Å². The van der Waals surface area contributed by atoms with Gasteiger partial charge >= 0.3 is 0 Å². The van der Waals surface area contributed by atoms with Gasteiger partial charge in [0.15, 0.2) is 16.6 Å². The molecule has 4 nitrogen and oxygen atoms in total. The highest BCUT2D eigenvalue weighted by atomic mass is 35.5. The van der Waals surface area contributed by atoms with Crippen LogP contribution in [0.2, 0.25) is 5.15 Å². The summed E-state index contributed by atoms with van der Waals surface area (Å²) < 4.78 is 0. The normalized spacial score (nSPS) is 9.20. The number of rotatable bonds is 1. The molecular formula is C9H8ClN3OS. The number of hydrogen-bond acceptors (Lipinski definition) is 5. The Morgan fingerprint density at radius 1 is 1.73 bits per heavy atom. The van der Waals surface area contributed by atoms with Gasteiger partial charge in [-0.3, -0.25) is 4.79 Å². The fourth-order valence-electron chi connectivity index (χ4n) is 0.735. The molecule has 0 aliphatic heterocycles. The van der Waals surface area contributed by atoms with E-state index in [9.17, 15) is 4.79 Å². The van der Waals surface area contributed by atoms with E-state index in [0.717, 1.165) is 11.8 Å². The summed E-state index contributed by atoms with van der Waals surface area (Å²) in [7, 11) is 0. The lowest BCUT2D eigenvalue weighted by atomic mass is 10.4. The van der Waals surface area contributed by atoms with Crippen molar-refractivity contribution in [1.29, 1.82) is 0 Å². The molecule has 0 atom stereocenters. The Bertz CT molecular complexity index is 439. The second-order valence-corrected chi connectivity index (χ2v) is 4.05. The highest BCUT2D eigenvalue weighted by molar-refractivity contribution is 8.13. The molecule has 0 saturated carbocycles.